The van der Waals surface area contributed by atoms with Crippen molar-refractivity contribution in [2.45, 2.75) is 6.92 Å². The Kier molecular flexibility index (Phi) is 9.86. The van der Waals surface area contributed by atoms with Gasteiger partial charge in [0.05, 0.1) is 38.7 Å². The van der Waals surface area contributed by atoms with Gasteiger partial charge in [-0.25, -0.2) is 4.99 Å². The Morgan fingerprint density at radius 1 is 0.974 bits per heavy atom. The van der Waals surface area contributed by atoms with Gasteiger partial charge in [0.2, 0.25) is 5.91 Å². The van der Waals surface area contributed by atoms with E-state index in [4.69, 9.17) is 24.9 Å². The summed E-state index contributed by atoms with van der Waals surface area (Å²) in [6.07, 6.45) is 0. The molecule has 0 aromatic heterocycles. The Morgan fingerprint density at radius 3 is 2.53 bits per heavy atom. The molecule has 0 spiro atoms. The molecule has 3 aromatic carbocycles. The second kappa shape index (κ2) is 13.7. The van der Waals surface area contributed by atoms with Crippen LogP contribution in [0.4, 0.5) is 11.4 Å². The lowest BCUT2D eigenvalue weighted by Gasteiger charge is -2.20. The summed E-state index contributed by atoms with van der Waals surface area (Å²) in [4.78, 5) is 18.1. The molecule has 4 rings (SSSR count). The first-order valence-corrected chi connectivity index (χ1v) is 12.9. The summed E-state index contributed by atoms with van der Waals surface area (Å²) < 4.78 is 17.0. The molecule has 1 aliphatic rings. The van der Waals surface area contributed by atoms with E-state index in [-0.39, 0.29) is 12.5 Å². The SMILES string of the molecule is Cc1ccc2c(c1)N=C(c1ccc(-c3cccc(N(C)CCOCCOCCNC(=O)CN)c3)cc1)CO2. The number of ether oxygens (including phenoxy) is 3. The van der Waals surface area contributed by atoms with Crippen molar-refractivity contribution in [1.29, 1.82) is 0 Å². The first-order chi connectivity index (χ1) is 18.5. The number of nitrogens with two attached hydrogens (primary N) is 1. The summed E-state index contributed by atoms with van der Waals surface area (Å²) in [6.45, 7) is 5.76. The smallest absolute Gasteiger partial charge is 0.233 e. The zero-order chi connectivity index (χ0) is 26.7. The fourth-order valence-electron chi connectivity index (χ4n) is 4.07. The maximum atomic E-state index is 11.1. The number of aryl methyl sites for hydroxylation is 1. The van der Waals surface area contributed by atoms with Crippen LogP contribution in [-0.2, 0) is 14.3 Å². The van der Waals surface area contributed by atoms with E-state index < -0.39 is 0 Å². The van der Waals surface area contributed by atoms with E-state index in [2.05, 4.69) is 78.8 Å². The molecule has 3 N–H and O–H groups in total. The predicted octanol–water partition coefficient (Wildman–Crippen LogP) is 3.72. The van der Waals surface area contributed by atoms with Crippen LogP contribution in [0.25, 0.3) is 11.1 Å². The Hall–Kier alpha value is -3.72. The van der Waals surface area contributed by atoms with Crippen LogP contribution in [0.3, 0.4) is 0 Å². The predicted molar refractivity (Wildman–Crippen MR) is 152 cm³/mol. The third-order valence-corrected chi connectivity index (χ3v) is 6.27. The summed E-state index contributed by atoms with van der Waals surface area (Å²) in [5, 5.41) is 2.66. The number of rotatable bonds is 13. The number of hydrogen-bond donors (Lipinski definition) is 2. The van der Waals surface area contributed by atoms with Crippen LogP contribution in [0.15, 0.2) is 71.7 Å². The maximum Gasteiger partial charge on any atom is 0.233 e. The van der Waals surface area contributed by atoms with Gasteiger partial charge in [0.25, 0.3) is 0 Å². The maximum absolute atomic E-state index is 11.1. The highest BCUT2D eigenvalue weighted by atomic mass is 16.5. The molecular formula is C30H36N4O4. The number of hydrogen-bond acceptors (Lipinski definition) is 7. The van der Waals surface area contributed by atoms with Crippen LogP contribution in [0.5, 0.6) is 5.75 Å². The summed E-state index contributed by atoms with van der Waals surface area (Å²) in [7, 11) is 2.06. The number of fused-ring (bicyclic) bond motifs is 1. The topological polar surface area (TPSA) is 98.4 Å². The molecule has 0 unspecified atom stereocenters. The second-order valence-electron chi connectivity index (χ2n) is 9.15. The summed E-state index contributed by atoms with van der Waals surface area (Å²) in [5.74, 6) is 0.654. The van der Waals surface area contributed by atoms with Gasteiger partial charge in [-0.3, -0.25) is 4.79 Å². The molecule has 8 heteroatoms. The molecule has 38 heavy (non-hydrogen) atoms. The molecular weight excluding hydrogens is 480 g/mol. The van der Waals surface area contributed by atoms with Gasteiger partial charge in [0.15, 0.2) is 0 Å². The zero-order valence-electron chi connectivity index (χ0n) is 22.1. The normalized spacial score (nSPS) is 12.3. The van der Waals surface area contributed by atoms with Crippen molar-refractivity contribution in [1.82, 2.24) is 5.32 Å². The van der Waals surface area contributed by atoms with Gasteiger partial charge in [-0.05, 0) is 53.4 Å². The van der Waals surface area contributed by atoms with E-state index in [0.29, 0.717) is 39.6 Å². The lowest BCUT2D eigenvalue weighted by molar-refractivity contribution is -0.119. The van der Waals surface area contributed by atoms with E-state index in [0.717, 1.165) is 46.1 Å². The number of likely N-dealkylation sites (N-methyl/N-ethyl adjacent to an activating group) is 1. The van der Waals surface area contributed by atoms with Gasteiger partial charge < -0.3 is 30.2 Å². The van der Waals surface area contributed by atoms with Gasteiger partial charge >= 0.3 is 0 Å². The molecule has 0 aliphatic carbocycles. The van der Waals surface area contributed by atoms with Gasteiger partial charge in [0, 0.05) is 25.8 Å². The number of nitrogens with zero attached hydrogens (tertiary/aromatic N) is 2. The lowest BCUT2D eigenvalue weighted by Crippen LogP contribution is -2.33. The Morgan fingerprint density at radius 2 is 1.74 bits per heavy atom. The standard InChI is InChI=1S/C30H36N4O4/c1-22-6-11-29-27(18-22)33-28(21-38-29)24-9-7-23(8-10-24)25-4-3-5-26(19-25)34(2)13-15-37-17-16-36-14-12-32-30(35)20-31/h3-11,18-19H,12-17,20-21,31H2,1-2H3,(H,32,35). The summed E-state index contributed by atoms with van der Waals surface area (Å²) >= 11 is 0. The minimum absolute atomic E-state index is 0.00654. The molecule has 8 nitrogen and oxygen atoms in total. The average molecular weight is 517 g/mol. The second-order valence-corrected chi connectivity index (χ2v) is 9.15. The Labute approximate surface area is 224 Å². The highest BCUT2D eigenvalue weighted by Crippen LogP contribution is 2.33. The summed E-state index contributed by atoms with van der Waals surface area (Å²) in [6, 6.07) is 23.0. The number of nitrogens with one attached hydrogen (secondary N) is 1. The zero-order valence-corrected chi connectivity index (χ0v) is 22.1. The number of carbonyl (C=O) groups is 1. The largest absolute Gasteiger partial charge is 0.485 e. The van der Waals surface area contributed by atoms with Crippen LogP contribution in [0, 0.1) is 6.92 Å². The highest BCUT2D eigenvalue weighted by molar-refractivity contribution is 6.04. The van der Waals surface area contributed by atoms with E-state index in [9.17, 15) is 4.79 Å². The molecule has 0 radical (unpaired) electrons. The van der Waals surface area contributed by atoms with Crippen molar-refractivity contribution in [3.8, 4) is 16.9 Å². The van der Waals surface area contributed by atoms with Gasteiger partial charge in [-0.15, -0.1) is 0 Å². The van der Waals surface area contributed by atoms with Crippen molar-refractivity contribution in [2.24, 2.45) is 10.7 Å². The van der Waals surface area contributed by atoms with Crippen molar-refractivity contribution in [3.05, 3.63) is 77.9 Å². The van der Waals surface area contributed by atoms with Crippen LogP contribution in [0.2, 0.25) is 0 Å². The van der Waals surface area contributed by atoms with E-state index in [1.54, 1.807) is 0 Å². The Balaban J connectivity index is 1.25. The number of amides is 1. The molecule has 0 saturated heterocycles. The minimum Gasteiger partial charge on any atom is -0.485 e. The lowest BCUT2D eigenvalue weighted by atomic mass is 10.0. The van der Waals surface area contributed by atoms with Crippen molar-refractivity contribution >= 4 is 23.0 Å². The van der Waals surface area contributed by atoms with Crippen molar-refractivity contribution < 1.29 is 19.0 Å². The molecule has 0 fully saturated rings. The van der Waals surface area contributed by atoms with Crippen molar-refractivity contribution in [3.63, 3.8) is 0 Å². The molecule has 200 valence electrons. The number of anilines is 1. The van der Waals surface area contributed by atoms with Gasteiger partial charge in [-0.1, -0.05) is 42.5 Å². The Bertz CT molecular complexity index is 1240. The molecule has 1 amide bonds. The molecule has 1 heterocycles. The van der Waals surface area contributed by atoms with Crippen LogP contribution in [0.1, 0.15) is 11.1 Å². The average Bonchev–Trinajstić information content (AvgIpc) is 2.95. The van der Waals surface area contributed by atoms with Crippen LogP contribution >= 0.6 is 0 Å². The number of benzene rings is 3. The monoisotopic (exact) mass is 516 g/mol. The summed E-state index contributed by atoms with van der Waals surface area (Å²) in [5.41, 5.74) is 12.7. The van der Waals surface area contributed by atoms with Crippen molar-refractivity contribution in [2.75, 3.05) is 64.6 Å². The van der Waals surface area contributed by atoms with Crippen LogP contribution in [-0.4, -0.2) is 71.3 Å². The molecule has 0 saturated carbocycles. The molecule has 1 aliphatic heterocycles. The van der Waals surface area contributed by atoms with Gasteiger partial charge in [0.1, 0.15) is 18.0 Å². The number of aliphatic imine (C=N–C) groups is 1. The fourth-order valence-corrected chi connectivity index (χ4v) is 4.07. The third kappa shape index (κ3) is 7.64. The quantitative estimate of drug-likeness (QED) is 0.336. The molecule has 0 atom stereocenters. The van der Waals surface area contributed by atoms with E-state index >= 15 is 0 Å². The van der Waals surface area contributed by atoms with E-state index in [1.807, 2.05) is 12.1 Å². The number of carbonyl (C=O) groups excluding carboxylic acids is 1. The van der Waals surface area contributed by atoms with Gasteiger partial charge in [-0.2, -0.15) is 0 Å². The van der Waals surface area contributed by atoms with E-state index in [1.165, 1.54) is 5.56 Å². The highest BCUT2D eigenvalue weighted by Gasteiger charge is 2.15. The first-order valence-electron chi connectivity index (χ1n) is 12.9. The molecule has 0 bridgehead atoms. The molecule has 3 aromatic rings. The first kappa shape index (κ1) is 27.3. The fraction of sp³-hybridized carbons (Fsp3) is 0.333. The minimum atomic E-state index is -0.181. The van der Waals surface area contributed by atoms with Crippen LogP contribution < -0.4 is 20.7 Å². The third-order valence-electron chi connectivity index (χ3n) is 6.27.